The molecule has 2 aliphatic rings. The van der Waals surface area contributed by atoms with E-state index in [0.717, 1.165) is 17.4 Å². The number of hydrogen-bond donors (Lipinski definition) is 1. The van der Waals surface area contributed by atoms with Gasteiger partial charge in [0.1, 0.15) is 0 Å². The molecular formula is C13H17IN2O. The maximum atomic E-state index is 11.7. The van der Waals surface area contributed by atoms with Gasteiger partial charge in [0.05, 0.1) is 13.6 Å². The molecule has 17 heavy (non-hydrogen) atoms. The minimum absolute atomic E-state index is 0. The van der Waals surface area contributed by atoms with Crippen LogP contribution in [0.4, 0.5) is 0 Å². The zero-order chi connectivity index (χ0) is 11.4. The summed E-state index contributed by atoms with van der Waals surface area (Å²) in [5.74, 6) is 0.168. The number of nitrogens with one attached hydrogen (secondary N) is 1. The predicted molar refractivity (Wildman–Crippen MR) is 61.6 cm³/mol. The molecule has 1 aromatic carbocycles. The summed E-state index contributed by atoms with van der Waals surface area (Å²) in [6.07, 6.45) is 1.07. The summed E-state index contributed by atoms with van der Waals surface area (Å²) in [5.41, 5.74) is 2.43. The van der Waals surface area contributed by atoms with Crippen molar-refractivity contribution in [3.8, 4) is 0 Å². The lowest BCUT2D eigenvalue weighted by Gasteiger charge is -2.46. The summed E-state index contributed by atoms with van der Waals surface area (Å²) in [7, 11) is 2.17. The molecule has 1 N–H and O–H groups in total. The normalized spacial score (nSPS) is 34.4. The Morgan fingerprint density at radius 2 is 2.06 bits per heavy atom. The smallest absolute Gasteiger partial charge is 0.280 e. The van der Waals surface area contributed by atoms with Crippen molar-refractivity contribution in [3.05, 3.63) is 35.4 Å². The zero-order valence-electron chi connectivity index (χ0n) is 10.2. The Labute approximate surface area is 119 Å². The first-order valence-electron chi connectivity index (χ1n) is 5.79. The Morgan fingerprint density at radius 1 is 1.35 bits per heavy atom. The number of hydrogen-bond acceptors (Lipinski definition) is 1. The van der Waals surface area contributed by atoms with Crippen molar-refractivity contribution in [2.75, 3.05) is 20.1 Å². The molecule has 1 saturated heterocycles. The van der Waals surface area contributed by atoms with E-state index in [-0.39, 0.29) is 35.5 Å². The standard InChI is InChI=1S/C13H16N2O.HI/c1-13-11-6-4-3-5-10(11)7-8-15(13,2)9-12(16)14-13;/h3-6H,7-9H2,1-2H3;1H. The van der Waals surface area contributed by atoms with Crippen LogP contribution in [0.1, 0.15) is 18.1 Å². The maximum Gasteiger partial charge on any atom is 0.280 e. The number of halogens is 1. The van der Waals surface area contributed by atoms with Gasteiger partial charge in [-0.15, -0.1) is 0 Å². The molecule has 2 atom stereocenters. The van der Waals surface area contributed by atoms with Crippen molar-refractivity contribution in [1.29, 1.82) is 0 Å². The van der Waals surface area contributed by atoms with Gasteiger partial charge in [-0.05, 0) is 5.56 Å². The summed E-state index contributed by atoms with van der Waals surface area (Å²) in [6, 6.07) is 8.46. The van der Waals surface area contributed by atoms with Crippen LogP contribution in [0, 0.1) is 0 Å². The number of amides is 1. The minimum atomic E-state index is -0.230. The first kappa shape index (κ1) is 12.8. The fraction of sp³-hybridized carbons (Fsp3) is 0.462. The highest BCUT2D eigenvalue weighted by Crippen LogP contribution is 2.40. The Kier molecular flexibility index (Phi) is 2.98. The summed E-state index contributed by atoms with van der Waals surface area (Å²) in [5, 5.41) is 3.16. The molecule has 2 aliphatic heterocycles. The second-order valence-electron chi connectivity index (χ2n) is 5.31. The number of fused-ring (bicyclic) bond motifs is 3. The molecule has 0 saturated carbocycles. The monoisotopic (exact) mass is 344 g/mol. The number of rotatable bonds is 0. The lowest BCUT2D eigenvalue weighted by Crippen LogP contribution is -3.00. The van der Waals surface area contributed by atoms with E-state index in [9.17, 15) is 4.79 Å². The molecule has 92 valence electrons. The van der Waals surface area contributed by atoms with Crippen LogP contribution in [0.2, 0.25) is 0 Å². The maximum absolute atomic E-state index is 11.7. The van der Waals surface area contributed by atoms with Gasteiger partial charge in [0.2, 0.25) is 0 Å². The van der Waals surface area contributed by atoms with E-state index in [1.54, 1.807) is 0 Å². The largest absolute Gasteiger partial charge is 1.00 e. The van der Waals surface area contributed by atoms with E-state index < -0.39 is 0 Å². The molecular weight excluding hydrogens is 327 g/mol. The SMILES string of the molecule is CC12NC(=O)C[N+]1(C)CCc1ccccc12.[I-]. The van der Waals surface area contributed by atoms with Gasteiger partial charge in [0.25, 0.3) is 5.91 Å². The van der Waals surface area contributed by atoms with E-state index in [2.05, 4.69) is 43.6 Å². The molecule has 3 rings (SSSR count). The van der Waals surface area contributed by atoms with Crippen LogP contribution in [0.3, 0.4) is 0 Å². The van der Waals surface area contributed by atoms with Gasteiger partial charge in [-0.25, -0.2) is 0 Å². The van der Waals surface area contributed by atoms with E-state index in [0.29, 0.717) is 6.54 Å². The molecule has 1 fully saturated rings. The van der Waals surface area contributed by atoms with Gasteiger partial charge in [0.15, 0.2) is 12.2 Å². The molecule has 0 spiro atoms. The van der Waals surface area contributed by atoms with Crippen LogP contribution in [0.25, 0.3) is 0 Å². The lowest BCUT2D eigenvalue weighted by molar-refractivity contribution is -0.954. The highest BCUT2D eigenvalue weighted by molar-refractivity contribution is 5.80. The van der Waals surface area contributed by atoms with Crippen LogP contribution in [-0.2, 0) is 16.9 Å². The van der Waals surface area contributed by atoms with Gasteiger partial charge in [-0.3, -0.25) is 14.6 Å². The van der Waals surface area contributed by atoms with Crippen molar-refractivity contribution in [2.24, 2.45) is 0 Å². The van der Waals surface area contributed by atoms with Crippen LogP contribution in [0.15, 0.2) is 24.3 Å². The number of likely N-dealkylation sites (N-methyl/N-ethyl adjacent to an activating group) is 1. The summed E-state index contributed by atoms with van der Waals surface area (Å²) in [4.78, 5) is 11.7. The average molecular weight is 344 g/mol. The van der Waals surface area contributed by atoms with Gasteiger partial charge >= 0.3 is 0 Å². The molecule has 0 aliphatic carbocycles. The fourth-order valence-electron chi connectivity index (χ4n) is 3.16. The molecule has 1 aromatic rings. The van der Waals surface area contributed by atoms with E-state index in [1.165, 1.54) is 11.1 Å². The second-order valence-corrected chi connectivity index (χ2v) is 5.31. The summed E-state index contributed by atoms with van der Waals surface area (Å²) in [6.45, 7) is 3.78. The predicted octanol–water partition coefficient (Wildman–Crippen LogP) is -2.00. The van der Waals surface area contributed by atoms with Gasteiger partial charge < -0.3 is 24.0 Å². The number of carbonyl (C=O) groups is 1. The van der Waals surface area contributed by atoms with Gasteiger partial charge in [0, 0.05) is 18.9 Å². The van der Waals surface area contributed by atoms with E-state index >= 15 is 0 Å². The van der Waals surface area contributed by atoms with Gasteiger partial charge in [-0.2, -0.15) is 0 Å². The Morgan fingerprint density at radius 3 is 2.82 bits per heavy atom. The van der Waals surface area contributed by atoms with E-state index in [4.69, 9.17) is 0 Å². The molecule has 2 unspecified atom stereocenters. The molecule has 0 radical (unpaired) electrons. The van der Waals surface area contributed by atoms with E-state index in [1.807, 2.05) is 0 Å². The number of carbonyl (C=O) groups excluding carboxylic acids is 1. The fourth-order valence-corrected chi connectivity index (χ4v) is 3.16. The zero-order valence-corrected chi connectivity index (χ0v) is 12.3. The van der Waals surface area contributed by atoms with Crippen molar-refractivity contribution in [3.63, 3.8) is 0 Å². The summed E-state index contributed by atoms with van der Waals surface area (Å²) >= 11 is 0. The van der Waals surface area contributed by atoms with Crippen LogP contribution < -0.4 is 29.3 Å². The van der Waals surface area contributed by atoms with Crippen molar-refractivity contribution < 1.29 is 33.3 Å². The number of nitrogens with zero attached hydrogens (tertiary/aromatic N) is 1. The van der Waals surface area contributed by atoms with Crippen LogP contribution in [0.5, 0.6) is 0 Å². The Balaban J connectivity index is 0.00000108. The molecule has 0 aromatic heterocycles. The molecule has 1 amide bonds. The third kappa shape index (κ3) is 1.61. The highest BCUT2D eigenvalue weighted by Gasteiger charge is 2.56. The Hall–Kier alpha value is -0.620. The Bertz CT molecular complexity index is 476. The minimum Gasteiger partial charge on any atom is -1.00 e. The van der Waals surface area contributed by atoms with Crippen LogP contribution >= 0.6 is 0 Å². The number of benzene rings is 1. The van der Waals surface area contributed by atoms with Crippen LogP contribution in [-0.4, -0.2) is 30.5 Å². The molecule has 3 nitrogen and oxygen atoms in total. The quantitative estimate of drug-likeness (QED) is 0.428. The first-order valence-corrected chi connectivity index (χ1v) is 5.79. The highest BCUT2D eigenvalue weighted by atomic mass is 127. The van der Waals surface area contributed by atoms with Crippen molar-refractivity contribution in [1.82, 2.24) is 5.32 Å². The third-order valence-electron chi connectivity index (χ3n) is 4.37. The summed E-state index contributed by atoms with van der Waals surface area (Å²) < 4.78 is 0.794. The molecule has 2 heterocycles. The second kappa shape index (κ2) is 3.95. The average Bonchev–Trinajstić information content (AvgIpc) is 2.49. The molecule has 4 heteroatoms. The topological polar surface area (TPSA) is 29.1 Å². The molecule has 0 bridgehead atoms. The number of quaternary nitrogens is 1. The first-order chi connectivity index (χ1) is 7.55. The van der Waals surface area contributed by atoms with Crippen molar-refractivity contribution in [2.45, 2.75) is 19.0 Å². The third-order valence-corrected chi connectivity index (χ3v) is 4.37. The van der Waals surface area contributed by atoms with Crippen molar-refractivity contribution >= 4 is 5.91 Å². The lowest BCUT2D eigenvalue weighted by atomic mass is 9.87. The van der Waals surface area contributed by atoms with Gasteiger partial charge in [-0.1, -0.05) is 24.3 Å².